The van der Waals surface area contributed by atoms with Crippen LogP contribution in [-0.4, -0.2) is 96.5 Å². The molecule has 2 atom stereocenters. The molecule has 2 saturated heterocycles. The molecule has 5 rings (SSSR count). The van der Waals surface area contributed by atoms with Gasteiger partial charge in [-0.1, -0.05) is 36.4 Å². The number of aliphatic hydroxyl groups is 1. The number of nitrogens with two attached hydrogens (primary N) is 1. The van der Waals surface area contributed by atoms with Crippen molar-refractivity contribution in [1.29, 1.82) is 0 Å². The molecule has 1 spiro atoms. The molecule has 2 fully saturated rings. The zero-order chi connectivity index (χ0) is 34.4. The lowest BCUT2D eigenvalue weighted by molar-refractivity contribution is -0.0312. The second-order valence-corrected chi connectivity index (χ2v) is 16.0. The molecule has 262 valence electrons. The third-order valence-corrected chi connectivity index (χ3v) is 12.2. The Balaban J connectivity index is 1.14. The fourth-order valence-electron chi connectivity index (χ4n) is 6.13. The third kappa shape index (κ3) is 8.55. The highest BCUT2D eigenvalue weighted by molar-refractivity contribution is 7.91. The molecule has 0 bridgehead atoms. The van der Waals surface area contributed by atoms with E-state index < -0.39 is 37.5 Å². The zero-order valence-electron chi connectivity index (χ0n) is 27.3. The maximum Gasteiger partial charge on any atom is 0.246 e. The highest BCUT2D eigenvalue weighted by Crippen LogP contribution is 2.39. The molecule has 48 heavy (non-hydrogen) atoms. The van der Waals surface area contributed by atoms with Crippen molar-refractivity contribution in [3.8, 4) is 22.6 Å². The molecule has 0 radical (unpaired) electrons. The summed E-state index contributed by atoms with van der Waals surface area (Å²) in [5.41, 5.74) is 7.95. The number of aliphatic hydroxyl groups excluding tert-OH is 1. The molecule has 0 saturated carbocycles. The van der Waals surface area contributed by atoms with Gasteiger partial charge in [-0.3, -0.25) is 0 Å². The molecule has 0 amide bonds. The number of rotatable bonds is 15. The van der Waals surface area contributed by atoms with Gasteiger partial charge in [-0.05, 0) is 73.2 Å². The summed E-state index contributed by atoms with van der Waals surface area (Å²) in [6, 6.07) is 19.1. The summed E-state index contributed by atoms with van der Waals surface area (Å²) in [6.45, 7) is 3.88. The van der Waals surface area contributed by atoms with E-state index in [0.29, 0.717) is 63.6 Å². The summed E-state index contributed by atoms with van der Waals surface area (Å²) < 4.78 is 76.4. The Morgan fingerprint density at radius 1 is 1.02 bits per heavy atom. The minimum atomic E-state index is -3.85. The highest BCUT2D eigenvalue weighted by atomic mass is 32.2. The number of hydrogen-bond acceptors (Lipinski definition) is 11. The van der Waals surface area contributed by atoms with E-state index in [1.807, 2.05) is 37.3 Å². The van der Waals surface area contributed by atoms with E-state index in [1.165, 1.54) is 23.5 Å². The minimum absolute atomic E-state index is 0.0165. The zero-order valence-corrected chi connectivity index (χ0v) is 29.0. The van der Waals surface area contributed by atoms with Gasteiger partial charge in [0.1, 0.15) is 29.1 Å². The Morgan fingerprint density at radius 3 is 2.44 bits per heavy atom. The van der Waals surface area contributed by atoms with Crippen LogP contribution in [0.25, 0.3) is 11.1 Å². The Bertz CT molecular complexity index is 1740. The van der Waals surface area contributed by atoms with E-state index >= 15 is 0 Å². The average molecular weight is 704 g/mol. The van der Waals surface area contributed by atoms with Crippen LogP contribution < -0.4 is 20.5 Å². The van der Waals surface area contributed by atoms with Gasteiger partial charge in [0.05, 0.1) is 23.7 Å². The van der Waals surface area contributed by atoms with Crippen molar-refractivity contribution in [2.75, 3.05) is 52.5 Å². The standard InChI is InChI=1S/C34H45N3O9S2/c1-3-44-32-12-11-27(26-9-7-25(20-35)8-10-26)17-33(32)48(41,42)37-15-13-34(14-16-37)19-28(22-46-34)36-21-29(38)23-45-30-5-4-6-31(18-30)47(39,40)24-43-2/h4-12,17-18,28-29,36,38H,3,13-16,19-24,35H2,1-2H3/t28-,29?/m0/s1. The van der Waals surface area contributed by atoms with Gasteiger partial charge in [0.15, 0.2) is 5.94 Å². The summed E-state index contributed by atoms with van der Waals surface area (Å²) in [5.74, 6) is 0.223. The molecule has 3 aromatic carbocycles. The number of benzene rings is 3. The van der Waals surface area contributed by atoms with E-state index in [9.17, 15) is 21.9 Å². The molecule has 2 aliphatic rings. The molecular weight excluding hydrogens is 659 g/mol. The fraction of sp³-hybridized carbons (Fsp3) is 0.471. The highest BCUT2D eigenvalue weighted by Gasteiger charge is 2.45. The summed E-state index contributed by atoms with van der Waals surface area (Å²) in [4.78, 5) is 0.228. The monoisotopic (exact) mass is 703 g/mol. The van der Waals surface area contributed by atoms with Crippen molar-refractivity contribution in [2.24, 2.45) is 5.73 Å². The van der Waals surface area contributed by atoms with Gasteiger partial charge in [0, 0.05) is 39.3 Å². The van der Waals surface area contributed by atoms with Crippen LogP contribution in [0.4, 0.5) is 0 Å². The summed E-state index contributed by atoms with van der Waals surface area (Å²) in [7, 11) is -6.12. The number of nitrogens with one attached hydrogen (secondary N) is 1. The lowest BCUT2D eigenvalue weighted by atomic mass is 9.88. The fourth-order valence-corrected chi connectivity index (χ4v) is 8.76. The van der Waals surface area contributed by atoms with Gasteiger partial charge in [0.2, 0.25) is 19.9 Å². The molecule has 1 unspecified atom stereocenters. The predicted octanol–water partition coefficient (Wildman–Crippen LogP) is 2.93. The Kier molecular flexibility index (Phi) is 11.8. The van der Waals surface area contributed by atoms with E-state index in [4.69, 9.17) is 24.7 Å². The number of nitrogens with zero attached hydrogens (tertiary/aromatic N) is 1. The largest absolute Gasteiger partial charge is 0.492 e. The molecule has 14 heteroatoms. The summed E-state index contributed by atoms with van der Waals surface area (Å²) >= 11 is 0. The predicted molar refractivity (Wildman–Crippen MR) is 181 cm³/mol. The number of ether oxygens (including phenoxy) is 4. The van der Waals surface area contributed by atoms with Gasteiger partial charge < -0.3 is 35.1 Å². The molecule has 3 aromatic rings. The molecule has 12 nitrogen and oxygen atoms in total. The molecule has 2 aliphatic heterocycles. The minimum Gasteiger partial charge on any atom is -0.492 e. The average Bonchev–Trinajstić information content (AvgIpc) is 3.48. The van der Waals surface area contributed by atoms with E-state index in [1.54, 1.807) is 24.3 Å². The number of sulfonamides is 1. The Labute approximate surface area is 283 Å². The lowest BCUT2D eigenvalue weighted by Crippen LogP contribution is -2.47. The van der Waals surface area contributed by atoms with Crippen LogP contribution in [0.3, 0.4) is 0 Å². The number of piperidine rings is 1. The first-order valence-corrected chi connectivity index (χ1v) is 19.1. The van der Waals surface area contributed by atoms with Gasteiger partial charge in [-0.2, -0.15) is 4.31 Å². The first-order chi connectivity index (χ1) is 23.0. The number of sulfone groups is 1. The maximum atomic E-state index is 14.0. The van der Waals surface area contributed by atoms with Crippen molar-refractivity contribution in [3.63, 3.8) is 0 Å². The molecule has 2 heterocycles. The van der Waals surface area contributed by atoms with Gasteiger partial charge in [-0.25, -0.2) is 16.8 Å². The van der Waals surface area contributed by atoms with E-state index in [0.717, 1.165) is 16.7 Å². The molecule has 0 aliphatic carbocycles. The topological polar surface area (TPSA) is 167 Å². The lowest BCUT2D eigenvalue weighted by Gasteiger charge is -2.38. The Hall–Kier alpha value is -3.08. The second-order valence-electron chi connectivity index (χ2n) is 12.2. The van der Waals surface area contributed by atoms with Crippen molar-refractivity contribution < 1.29 is 40.9 Å². The van der Waals surface area contributed by atoms with Crippen molar-refractivity contribution in [1.82, 2.24) is 9.62 Å². The summed E-state index contributed by atoms with van der Waals surface area (Å²) in [6.07, 6.45) is 0.930. The second kappa shape index (κ2) is 15.6. The summed E-state index contributed by atoms with van der Waals surface area (Å²) in [5, 5.41) is 13.9. The van der Waals surface area contributed by atoms with E-state index in [-0.39, 0.29) is 29.0 Å². The van der Waals surface area contributed by atoms with Crippen LogP contribution in [0, 0.1) is 0 Å². The van der Waals surface area contributed by atoms with Gasteiger partial charge in [-0.15, -0.1) is 0 Å². The Morgan fingerprint density at radius 2 is 1.75 bits per heavy atom. The normalized spacial score (nSPS) is 19.0. The number of methoxy groups -OCH3 is 1. The smallest absolute Gasteiger partial charge is 0.246 e. The van der Waals surface area contributed by atoms with Crippen molar-refractivity contribution in [2.45, 2.75) is 60.3 Å². The van der Waals surface area contributed by atoms with Gasteiger partial charge >= 0.3 is 0 Å². The first kappa shape index (κ1) is 36.2. The van der Waals surface area contributed by atoms with Gasteiger partial charge in [0.25, 0.3) is 0 Å². The first-order valence-electron chi connectivity index (χ1n) is 16.0. The van der Waals surface area contributed by atoms with Crippen LogP contribution in [0.2, 0.25) is 0 Å². The SMILES string of the molecule is CCOc1ccc(-c2ccc(CN)cc2)cc1S(=O)(=O)N1CCC2(CC1)C[C@H](NCC(O)COc1cccc(S(=O)(=O)COC)c1)CO2. The number of hydrogen-bond donors (Lipinski definition) is 3. The quantitative estimate of drug-likeness (QED) is 0.213. The molecule has 4 N–H and O–H groups in total. The van der Waals surface area contributed by atoms with E-state index in [2.05, 4.69) is 5.32 Å². The van der Waals surface area contributed by atoms with Crippen LogP contribution >= 0.6 is 0 Å². The molecule has 0 aromatic heterocycles. The maximum absolute atomic E-state index is 14.0. The third-order valence-electron chi connectivity index (χ3n) is 8.75. The van der Waals surface area contributed by atoms with Crippen LogP contribution in [0.15, 0.2) is 76.5 Å². The van der Waals surface area contributed by atoms with Crippen molar-refractivity contribution in [3.05, 3.63) is 72.3 Å². The van der Waals surface area contributed by atoms with Crippen LogP contribution in [-0.2, 0) is 35.9 Å². The van der Waals surface area contributed by atoms with Crippen molar-refractivity contribution >= 4 is 19.9 Å². The molecular formula is C34H45N3O9S2. The van der Waals surface area contributed by atoms with Crippen LogP contribution in [0.1, 0.15) is 31.7 Å². The van der Waals surface area contributed by atoms with Crippen LogP contribution in [0.5, 0.6) is 11.5 Å².